The van der Waals surface area contributed by atoms with Crippen LogP contribution < -0.4 is 15.2 Å². The van der Waals surface area contributed by atoms with Gasteiger partial charge in [-0.3, -0.25) is 4.90 Å². The number of nitrogens with zero attached hydrogens (tertiary/aromatic N) is 2. The van der Waals surface area contributed by atoms with Crippen LogP contribution >= 0.6 is 0 Å². The van der Waals surface area contributed by atoms with Crippen molar-refractivity contribution in [1.29, 1.82) is 5.26 Å². The minimum absolute atomic E-state index is 0.164. The first kappa shape index (κ1) is 22.5. The molecule has 0 spiro atoms. The molecule has 0 radical (unpaired) electrons. The first-order valence-corrected chi connectivity index (χ1v) is 11.2. The van der Waals surface area contributed by atoms with Gasteiger partial charge in [-0.1, -0.05) is 24.3 Å². The van der Waals surface area contributed by atoms with Gasteiger partial charge in [-0.25, -0.2) is 0 Å². The molecule has 2 aliphatic heterocycles. The minimum Gasteiger partial charge on any atom is -0.494 e. The van der Waals surface area contributed by atoms with Crippen molar-refractivity contribution < 1.29 is 14.2 Å². The van der Waals surface area contributed by atoms with Crippen molar-refractivity contribution in [3.8, 4) is 17.6 Å². The third-order valence-corrected chi connectivity index (χ3v) is 5.76. The molecule has 2 heterocycles. The second kappa shape index (κ2) is 9.85. The fraction of sp³-hybridized carbons (Fsp3) is 0.296. The van der Waals surface area contributed by atoms with Crippen molar-refractivity contribution in [3.05, 3.63) is 88.0 Å². The highest BCUT2D eigenvalue weighted by molar-refractivity contribution is 5.63. The summed E-state index contributed by atoms with van der Waals surface area (Å²) in [6, 6.07) is 18.1. The van der Waals surface area contributed by atoms with Crippen LogP contribution in [0.4, 0.5) is 0 Å². The van der Waals surface area contributed by atoms with Crippen LogP contribution in [0.3, 0.4) is 0 Å². The number of hydrogen-bond acceptors (Lipinski definition) is 6. The molecule has 0 aromatic heterocycles. The molecule has 2 aromatic rings. The van der Waals surface area contributed by atoms with Crippen LogP contribution in [0.2, 0.25) is 0 Å². The number of hydrogen-bond donors (Lipinski definition) is 1. The molecule has 2 N–H and O–H groups in total. The smallest absolute Gasteiger partial charge is 0.205 e. The van der Waals surface area contributed by atoms with E-state index in [-0.39, 0.29) is 11.8 Å². The Morgan fingerprint density at radius 3 is 2.21 bits per heavy atom. The van der Waals surface area contributed by atoms with Gasteiger partial charge >= 0.3 is 0 Å². The van der Waals surface area contributed by atoms with E-state index in [0.717, 1.165) is 46.1 Å². The number of rotatable bonds is 6. The topological polar surface area (TPSA) is 80.7 Å². The second-order valence-corrected chi connectivity index (χ2v) is 8.13. The first-order chi connectivity index (χ1) is 16.0. The van der Waals surface area contributed by atoms with Crippen molar-refractivity contribution in [3.63, 3.8) is 0 Å². The van der Waals surface area contributed by atoms with Crippen LogP contribution in [-0.4, -0.2) is 38.3 Å². The standard InChI is InChI=1S/C27H29N3O3/c1-4-31-21-10-6-18(7-11-21)14-20-16-30(3)17-24-25(23(15-28)27(29)33-26(20)24)19-8-12-22(13-9-19)32-5-2/h6-14,25H,4-5,16-17,29H2,1-3H3/b20-14-/t25-/m0/s1. The van der Waals surface area contributed by atoms with Crippen molar-refractivity contribution >= 4 is 6.08 Å². The van der Waals surface area contributed by atoms with Crippen LogP contribution in [0.15, 0.2) is 76.9 Å². The molecule has 6 heteroatoms. The average Bonchev–Trinajstić information content (AvgIpc) is 2.81. The van der Waals surface area contributed by atoms with Gasteiger partial charge in [0.2, 0.25) is 5.88 Å². The van der Waals surface area contributed by atoms with Crippen LogP contribution in [0.1, 0.15) is 30.9 Å². The lowest BCUT2D eigenvalue weighted by atomic mass is 9.80. The summed E-state index contributed by atoms with van der Waals surface area (Å²) in [5.74, 6) is 2.31. The highest BCUT2D eigenvalue weighted by Crippen LogP contribution is 2.43. The van der Waals surface area contributed by atoms with Crippen LogP contribution in [0.5, 0.6) is 11.5 Å². The Balaban J connectivity index is 1.76. The fourth-order valence-electron chi connectivity index (χ4n) is 4.37. The molecule has 0 unspecified atom stereocenters. The second-order valence-electron chi connectivity index (χ2n) is 8.13. The predicted molar refractivity (Wildman–Crippen MR) is 128 cm³/mol. The van der Waals surface area contributed by atoms with Gasteiger partial charge in [0, 0.05) is 18.7 Å². The molecule has 2 aromatic carbocycles. The number of likely N-dealkylation sites (N-methyl/N-ethyl adjacent to an activating group) is 1. The summed E-state index contributed by atoms with van der Waals surface area (Å²) in [5.41, 5.74) is 10.8. The Morgan fingerprint density at radius 2 is 1.64 bits per heavy atom. The van der Waals surface area contributed by atoms with Crippen molar-refractivity contribution in [2.24, 2.45) is 5.73 Å². The van der Waals surface area contributed by atoms with Gasteiger partial charge in [-0.15, -0.1) is 0 Å². The lowest BCUT2D eigenvalue weighted by Gasteiger charge is -2.36. The zero-order chi connectivity index (χ0) is 23.4. The summed E-state index contributed by atoms with van der Waals surface area (Å²) in [7, 11) is 2.07. The van der Waals surface area contributed by atoms with Crippen molar-refractivity contribution in [2.75, 3.05) is 33.4 Å². The number of nitriles is 1. The summed E-state index contributed by atoms with van der Waals surface area (Å²) in [6.07, 6.45) is 2.11. The van der Waals surface area contributed by atoms with Gasteiger partial charge in [0.05, 0.1) is 19.1 Å². The fourth-order valence-corrected chi connectivity index (χ4v) is 4.37. The Morgan fingerprint density at radius 1 is 1.03 bits per heavy atom. The average molecular weight is 444 g/mol. The molecule has 33 heavy (non-hydrogen) atoms. The molecule has 1 atom stereocenters. The summed E-state index contributed by atoms with van der Waals surface area (Å²) in [4.78, 5) is 2.22. The van der Waals surface area contributed by atoms with Gasteiger partial charge in [0.25, 0.3) is 0 Å². The van der Waals surface area contributed by atoms with E-state index in [1.165, 1.54) is 0 Å². The maximum Gasteiger partial charge on any atom is 0.205 e. The maximum atomic E-state index is 9.90. The summed E-state index contributed by atoms with van der Waals surface area (Å²) >= 11 is 0. The first-order valence-electron chi connectivity index (χ1n) is 11.2. The van der Waals surface area contributed by atoms with Gasteiger partial charge in [-0.2, -0.15) is 5.26 Å². The van der Waals surface area contributed by atoms with Crippen LogP contribution in [0.25, 0.3) is 6.08 Å². The Bertz CT molecular complexity index is 1140. The molecular formula is C27H29N3O3. The van der Waals surface area contributed by atoms with Crippen LogP contribution in [0, 0.1) is 11.3 Å². The molecule has 4 rings (SSSR count). The quantitative estimate of drug-likeness (QED) is 0.704. The van der Waals surface area contributed by atoms with E-state index in [4.69, 9.17) is 19.9 Å². The number of benzene rings is 2. The highest BCUT2D eigenvalue weighted by atomic mass is 16.5. The van der Waals surface area contributed by atoms with Gasteiger partial charge in [0.1, 0.15) is 28.9 Å². The van der Waals surface area contributed by atoms with E-state index < -0.39 is 0 Å². The minimum atomic E-state index is -0.263. The summed E-state index contributed by atoms with van der Waals surface area (Å²) < 4.78 is 17.2. The molecule has 0 saturated carbocycles. The number of ether oxygens (including phenoxy) is 3. The number of allylic oxidation sites excluding steroid dienone is 1. The monoisotopic (exact) mass is 443 g/mol. The molecule has 0 fully saturated rings. The molecule has 0 amide bonds. The van der Waals surface area contributed by atoms with Gasteiger partial charge < -0.3 is 19.9 Å². The lowest BCUT2D eigenvalue weighted by Crippen LogP contribution is -2.35. The molecule has 170 valence electrons. The Labute approximate surface area is 195 Å². The van der Waals surface area contributed by atoms with Crippen molar-refractivity contribution in [1.82, 2.24) is 4.90 Å². The third kappa shape index (κ3) is 4.74. The zero-order valence-electron chi connectivity index (χ0n) is 19.3. The van der Waals surface area contributed by atoms with E-state index in [9.17, 15) is 5.26 Å². The molecule has 6 nitrogen and oxygen atoms in total. The molecule has 0 saturated heterocycles. The van der Waals surface area contributed by atoms with E-state index >= 15 is 0 Å². The lowest BCUT2D eigenvalue weighted by molar-refractivity contribution is 0.251. The molecule has 2 aliphatic rings. The summed E-state index contributed by atoms with van der Waals surface area (Å²) in [6.45, 7) is 6.57. The maximum absolute atomic E-state index is 9.90. The van der Waals surface area contributed by atoms with E-state index in [1.807, 2.05) is 62.4 Å². The SMILES string of the molecule is CCOc1ccc(/C=C2/CN(C)CC3=C2OC(N)=C(C#N)[C@@H]3c2ccc(OCC)cc2)cc1. The van der Waals surface area contributed by atoms with E-state index in [0.29, 0.717) is 25.3 Å². The molecular weight excluding hydrogens is 414 g/mol. The third-order valence-electron chi connectivity index (χ3n) is 5.76. The number of nitrogens with two attached hydrogens (primary N) is 1. The highest BCUT2D eigenvalue weighted by Gasteiger charge is 2.37. The van der Waals surface area contributed by atoms with Crippen molar-refractivity contribution in [2.45, 2.75) is 19.8 Å². The largest absolute Gasteiger partial charge is 0.494 e. The normalized spacial score (nSPS) is 19.7. The summed E-state index contributed by atoms with van der Waals surface area (Å²) in [5, 5.41) is 9.90. The van der Waals surface area contributed by atoms with Crippen LogP contribution in [-0.2, 0) is 4.74 Å². The Hall–Kier alpha value is -3.69. The molecule has 0 aliphatic carbocycles. The molecule has 0 bridgehead atoms. The Kier molecular flexibility index (Phi) is 6.71. The zero-order valence-corrected chi connectivity index (χ0v) is 19.3. The van der Waals surface area contributed by atoms with Gasteiger partial charge in [0.15, 0.2) is 0 Å². The van der Waals surface area contributed by atoms with Gasteiger partial charge in [-0.05, 0) is 67.9 Å². The van der Waals surface area contributed by atoms with E-state index in [1.54, 1.807) is 0 Å². The predicted octanol–water partition coefficient (Wildman–Crippen LogP) is 4.57. The van der Waals surface area contributed by atoms with E-state index in [2.05, 4.69) is 24.1 Å².